The Morgan fingerprint density at radius 2 is 2.14 bits per heavy atom. The van der Waals surface area contributed by atoms with Gasteiger partial charge in [0.05, 0.1) is 34.3 Å². The lowest BCUT2D eigenvalue weighted by atomic mass is 10.2. The van der Waals surface area contributed by atoms with Gasteiger partial charge in [0.1, 0.15) is 0 Å². The average Bonchev–Trinajstić information content (AvgIpc) is 2.98. The van der Waals surface area contributed by atoms with Crippen molar-refractivity contribution in [2.24, 2.45) is 5.92 Å². The molecule has 0 spiro atoms. The zero-order chi connectivity index (χ0) is 15.4. The number of nitrogens with one attached hydrogen (secondary N) is 1. The van der Waals surface area contributed by atoms with Gasteiger partial charge in [-0.2, -0.15) is 5.10 Å². The number of aryl methyl sites for hydroxylation is 2. The van der Waals surface area contributed by atoms with Crippen molar-refractivity contribution in [2.45, 2.75) is 47.3 Å². The molecule has 0 atom stereocenters. The van der Waals surface area contributed by atoms with Crippen molar-refractivity contribution >= 4 is 15.9 Å². The summed E-state index contributed by atoms with van der Waals surface area (Å²) in [5.41, 5.74) is 3.10. The highest BCUT2D eigenvalue weighted by Gasteiger charge is 2.13. The minimum absolute atomic E-state index is 0.637. The van der Waals surface area contributed by atoms with E-state index in [2.05, 4.69) is 57.4 Å². The SMILES string of the molecule is CCn1nc(C)c(Br)c1Cn1cc(CNCC(C)C)nn1. The summed E-state index contributed by atoms with van der Waals surface area (Å²) in [7, 11) is 0. The Morgan fingerprint density at radius 1 is 1.38 bits per heavy atom. The summed E-state index contributed by atoms with van der Waals surface area (Å²) in [5, 5.41) is 16.3. The minimum Gasteiger partial charge on any atom is -0.311 e. The molecule has 1 N–H and O–H groups in total. The summed E-state index contributed by atoms with van der Waals surface area (Å²) in [4.78, 5) is 0. The summed E-state index contributed by atoms with van der Waals surface area (Å²) in [6, 6.07) is 0. The first-order valence-electron chi connectivity index (χ1n) is 7.32. The van der Waals surface area contributed by atoms with Crippen LogP contribution in [0.15, 0.2) is 10.7 Å². The molecule has 0 bridgehead atoms. The van der Waals surface area contributed by atoms with E-state index in [9.17, 15) is 0 Å². The highest BCUT2D eigenvalue weighted by atomic mass is 79.9. The fourth-order valence-electron chi connectivity index (χ4n) is 2.16. The quantitative estimate of drug-likeness (QED) is 0.828. The molecule has 2 rings (SSSR count). The summed E-state index contributed by atoms with van der Waals surface area (Å²) in [5.74, 6) is 0.637. The first kappa shape index (κ1) is 16.2. The number of nitrogens with zero attached hydrogens (tertiary/aromatic N) is 5. The van der Waals surface area contributed by atoms with Gasteiger partial charge in [-0.15, -0.1) is 5.10 Å². The van der Waals surface area contributed by atoms with Crippen LogP contribution in [0.2, 0.25) is 0 Å². The van der Waals surface area contributed by atoms with E-state index in [1.54, 1.807) is 0 Å². The van der Waals surface area contributed by atoms with Crippen molar-refractivity contribution in [3.8, 4) is 0 Å². The zero-order valence-electron chi connectivity index (χ0n) is 13.1. The molecule has 0 aliphatic carbocycles. The first-order valence-corrected chi connectivity index (χ1v) is 8.12. The van der Waals surface area contributed by atoms with Crippen LogP contribution in [0.5, 0.6) is 0 Å². The third-order valence-electron chi connectivity index (χ3n) is 3.21. The Labute approximate surface area is 134 Å². The van der Waals surface area contributed by atoms with Crippen LogP contribution < -0.4 is 5.32 Å². The highest BCUT2D eigenvalue weighted by Crippen LogP contribution is 2.21. The van der Waals surface area contributed by atoms with Crippen LogP contribution in [0.1, 0.15) is 37.9 Å². The molecular weight excluding hydrogens is 332 g/mol. The first-order chi connectivity index (χ1) is 10.0. The lowest BCUT2D eigenvalue weighted by Crippen LogP contribution is -2.19. The maximum absolute atomic E-state index is 4.50. The summed E-state index contributed by atoms with van der Waals surface area (Å²) >= 11 is 3.61. The summed E-state index contributed by atoms with van der Waals surface area (Å²) in [6.07, 6.45) is 1.99. The van der Waals surface area contributed by atoms with Gasteiger partial charge in [0, 0.05) is 13.1 Å². The molecule has 2 heterocycles. The molecule has 0 aliphatic heterocycles. The van der Waals surface area contributed by atoms with Crippen LogP contribution in [0.4, 0.5) is 0 Å². The van der Waals surface area contributed by atoms with Crippen LogP contribution in [-0.2, 0) is 19.6 Å². The van der Waals surface area contributed by atoms with Gasteiger partial charge in [0.25, 0.3) is 0 Å². The Morgan fingerprint density at radius 3 is 2.81 bits per heavy atom. The van der Waals surface area contributed by atoms with E-state index in [0.29, 0.717) is 12.5 Å². The van der Waals surface area contributed by atoms with Crippen molar-refractivity contribution in [3.05, 3.63) is 27.8 Å². The molecule has 0 unspecified atom stereocenters. The lowest BCUT2D eigenvalue weighted by molar-refractivity contribution is 0.547. The Balaban J connectivity index is 2.02. The predicted molar refractivity (Wildman–Crippen MR) is 86.0 cm³/mol. The van der Waals surface area contributed by atoms with Gasteiger partial charge in [-0.05, 0) is 42.2 Å². The van der Waals surface area contributed by atoms with E-state index >= 15 is 0 Å². The van der Waals surface area contributed by atoms with Crippen LogP contribution in [-0.4, -0.2) is 31.3 Å². The van der Waals surface area contributed by atoms with Gasteiger partial charge in [-0.1, -0.05) is 19.1 Å². The molecule has 0 amide bonds. The third kappa shape index (κ3) is 4.14. The molecule has 0 saturated heterocycles. The monoisotopic (exact) mass is 354 g/mol. The Hall–Kier alpha value is -1.21. The number of rotatable bonds is 7. The maximum Gasteiger partial charge on any atom is 0.0964 e. The van der Waals surface area contributed by atoms with Gasteiger partial charge in [-0.3, -0.25) is 4.68 Å². The largest absolute Gasteiger partial charge is 0.311 e. The Bertz CT molecular complexity index is 586. The smallest absolute Gasteiger partial charge is 0.0964 e. The fourth-order valence-corrected chi connectivity index (χ4v) is 2.57. The van der Waals surface area contributed by atoms with Gasteiger partial charge in [0.2, 0.25) is 0 Å². The molecule has 0 aromatic carbocycles. The average molecular weight is 355 g/mol. The number of aromatic nitrogens is 5. The normalized spacial score (nSPS) is 11.5. The van der Waals surface area contributed by atoms with Crippen LogP contribution in [0, 0.1) is 12.8 Å². The standard InChI is InChI=1S/C14H23BrN6/c1-5-21-13(14(15)11(4)18-21)9-20-8-12(17-19-20)7-16-6-10(2)3/h8,10,16H,5-7,9H2,1-4H3. The van der Waals surface area contributed by atoms with Crippen LogP contribution in [0.3, 0.4) is 0 Å². The molecule has 21 heavy (non-hydrogen) atoms. The van der Waals surface area contributed by atoms with E-state index in [4.69, 9.17) is 0 Å². The number of hydrogen-bond donors (Lipinski definition) is 1. The van der Waals surface area contributed by atoms with E-state index < -0.39 is 0 Å². The van der Waals surface area contributed by atoms with Gasteiger partial charge < -0.3 is 5.32 Å². The van der Waals surface area contributed by atoms with Crippen molar-refractivity contribution in [1.82, 2.24) is 30.1 Å². The minimum atomic E-state index is 0.637. The molecule has 2 aromatic heterocycles. The van der Waals surface area contributed by atoms with Crippen molar-refractivity contribution in [3.63, 3.8) is 0 Å². The van der Waals surface area contributed by atoms with Gasteiger partial charge in [-0.25, -0.2) is 4.68 Å². The molecular formula is C14H23BrN6. The predicted octanol–water partition coefficient (Wildman–Crippen LogP) is 2.36. The highest BCUT2D eigenvalue weighted by molar-refractivity contribution is 9.10. The van der Waals surface area contributed by atoms with Gasteiger partial charge >= 0.3 is 0 Å². The second-order valence-electron chi connectivity index (χ2n) is 5.59. The second kappa shape index (κ2) is 7.17. The van der Waals surface area contributed by atoms with Crippen molar-refractivity contribution < 1.29 is 0 Å². The number of halogens is 1. The number of hydrogen-bond acceptors (Lipinski definition) is 4. The summed E-state index contributed by atoms with van der Waals surface area (Å²) in [6.45, 7) is 11.7. The molecule has 0 saturated carbocycles. The molecule has 116 valence electrons. The van der Waals surface area contributed by atoms with E-state index in [0.717, 1.165) is 41.2 Å². The molecule has 7 heteroatoms. The Kier molecular flexibility index (Phi) is 5.52. The van der Waals surface area contributed by atoms with Gasteiger partial charge in [0.15, 0.2) is 0 Å². The third-order valence-corrected chi connectivity index (χ3v) is 4.24. The van der Waals surface area contributed by atoms with E-state index in [1.165, 1.54) is 0 Å². The molecule has 0 radical (unpaired) electrons. The van der Waals surface area contributed by atoms with E-state index in [-0.39, 0.29) is 0 Å². The maximum atomic E-state index is 4.50. The molecule has 0 fully saturated rings. The lowest BCUT2D eigenvalue weighted by Gasteiger charge is -2.05. The van der Waals surface area contributed by atoms with Crippen molar-refractivity contribution in [2.75, 3.05) is 6.54 Å². The second-order valence-corrected chi connectivity index (χ2v) is 6.39. The van der Waals surface area contributed by atoms with Crippen LogP contribution in [0.25, 0.3) is 0 Å². The molecule has 0 aliphatic rings. The summed E-state index contributed by atoms with van der Waals surface area (Å²) < 4.78 is 4.91. The topological polar surface area (TPSA) is 60.6 Å². The van der Waals surface area contributed by atoms with E-state index in [1.807, 2.05) is 22.5 Å². The van der Waals surface area contributed by atoms with Crippen LogP contribution >= 0.6 is 15.9 Å². The molecule has 6 nitrogen and oxygen atoms in total. The fraction of sp³-hybridized carbons (Fsp3) is 0.643. The zero-order valence-corrected chi connectivity index (χ0v) is 14.7. The van der Waals surface area contributed by atoms with Crippen molar-refractivity contribution in [1.29, 1.82) is 0 Å². The molecule has 2 aromatic rings.